The first-order valence-corrected chi connectivity index (χ1v) is 8.33. The second kappa shape index (κ2) is 6.53. The maximum atomic E-state index is 6.05. The van der Waals surface area contributed by atoms with Crippen molar-refractivity contribution >= 4 is 34.4 Å². The number of para-hydroxylation sites is 1. The van der Waals surface area contributed by atoms with Crippen LogP contribution in [0.25, 0.3) is 11.0 Å². The zero-order valence-corrected chi connectivity index (χ0v) is 13.1. The molecule has 0 aliphatic carbocycles. The van der Waals surface area contributed by atoms with Crippen molar-refractivity contribution in [3.63, 3.8) is 0 Å². The van der Waals surface area contributed by atoms with Crippen LogP contribution in [-0.2, 0) is 5.88 Å². The van der Waals surface area contributed by atoms with Crippen molar-refractivity contribution < 1.29 is 4.74 Å². The Balaban J connectivity index is 2.58. The van der Waals surface area contributed by atoms with Gasteiger partial charge in [-0.1, -0.05) is 6.07 Å². The molecule has 1 aromatic carbocycles. The molecule has 0 bridgehead atoms. The fourth-order valence-electron chi connectivity index (χ4n) is 2.31. The Morgan fingerprint density at radius 3 is 2.89 bits per heavy atom. The third-order valence-electron chi connectivity index (χ3n) is 3.02. The molecule has 0 amide bonds. The van der Waals surface area contributed by atoms with E-state index in [0.29, 0.717) is 18.5 Å². The van der Waals surface area contributed by atoms with E-state index in [1.807, 2.05) is 30.8 Å². The Hall–Kier alpha value is -0.870. The summed E-state index contributed by atoms with van der Waals surface area (Å²) in [5, 5.41) is 0. The van der Waals surface area contributed by atoms with Crippen molar-refractivity contribution in [3.05, 3.63) is 24.0 Å². The van der Waals surface area contributed by atoms with Crippen LogP contribution < -0.4 is 4.74 Å². The predicted molar refractivity (Wildman–Crippen MR) is 83.6 cm³/mol. The summed E-state index contributed by atoms with van der Waals surface area (Å²) in [6, 6.07) is 6.42. The van der Waals surface area contributed by atoms with Crippen LogP contribution in [0.1, 0.15) is 25.7 Å². The van der Waals surface area contributed by atoms with Crippen LogP contribution in [0.4, 0.5) is 0 Å². The number of fused-ring (bicyclic) bond motifs is 1. The standard InChI is InChI=1S/C14H19ClN2OS/c1-4-18-12-7-5-6-11-14(12)16-13(8-15)17(11)10(2)9-19-3/h5-7,10H,4,8-9H2,1-3H3. The number of halogens is 1. The fourth-order valence-corrected chi connectivity index (χ4v) is 3.13. The Morgan fingerprint density at radius 2 is 2.26 bits per heavy atom. The lowest BCUT2D eigenvalue weighted by Gasteiger charge is -2.15. The minimum Gasteiger partial charge on any atom is -0.492 e. The molecule has 0 spiro atoms. The number of ether oxygens (including phenoxy) is 1. The zero-order valence-electron chi connectivity index (χ0n) is 11.5. The third kappa shape index (κ3) is 2.84. The van der Waals surface area contributed by atoms with Crippen molar-refractivity contribution in [2.75, 3.05) is 18.6 Å². The molecule has 19 heavy (non-hydrogen) atoms. The quantitative estimate of drug-likeness (QED) is 0.751. The number of hydrogen-bond donors (Lipinski definition) is 0. The lowest BCUT2D eigenvalue weighted by atomic mass is 10.2. The number of benzene rings is 1. The third-order valence-corrected chi connectivity index (χ3v) is 4.08. The molecule has 0 saturated carbocycles. The topological polar surface area (TPSA) is 27.1 Å². The van der Waals surface area contributed by atoms with Gasteiger partial charge in [0.15, 0.2) is 0 Å². The number of aromatic nitrogens is 2. The molecule has 1 unspecified atom stereocenters. The molecule has 3 nitrogen and oxygen atoms in total. The molecule has 0 fully saturated rings. The summed E-state index contributed by atoms with van der Waals surface area (Å²) in [7, 11) is 0. The number of nitrogens with zero attached hydrogens (tertiary/aromatic N) is 2. The smallest absolute Gasteiger partial charge is 0.147 e. The van der Waals surface area contributed by atoms with E-state index in [1.54, 1.807) is 0 Å². The minimum absolute atomic E-state index is 0.366. The van der Waals surface area contributed by atoms with Gasteiger partial charge in [0.05, 0.1) is 18.0 Å². The summed E-state index contributed by atoms with van der Waals surface area (Å²) in [4.78, 5) is 4.65. The van der Waals surface area contributed by atoms with Crippen LogP contribution in [0.5, 0.6) is 5.75 Å². The normalized spacial score (nSPS) is 12.8. The lowest BCUT2D eigenvalue weighted by molar-refractivity contribution is 0.343. The van der Waals surface area contributed by atoms with E-state index in [-0.39, 0.29) is 0 Å². The first-order valence-electron chi connectivity index (χ1n) is 6.40. The van der Waals surface area contributed by atoms with Crippen molar-refractivity contribution in [1.29, 1.82) is 0 Å². The van der Waals surface area contributed by atoms with Crippen LogP contribution in [0.2, 0.25) is 0 Å². The van der Waals surface area contributed by atoms with Gasteiger partial charge in [0.25, 0.3) is 0 Å². The highest BCUT2D eigenvalue weighted by Crippen LogP contribution is 2.30. The van der Waals surface area contributed by atoms with E-state index in [0.717, 1.165) is 28.4 Å². The molecular formula is C14H19ClN2OS. The van der Waals surface area contributed by atoms with Gasteiger partial charge in [-0.05, 0) is 32.2 Å². The van der Waals surface area contributed by atoms with Gasteiger partial charge >= 0.3 is 0 Å². The van der Waals surface area contributed by atoms with Gasteiger partial charge in [0.1, 0.15) is 17.1 Å². The van der Waals surface area contributed by atoms with E-state index in [2.05, 4.69) is 28.8 Å². The molecule has 1 heterocycles. The monoisotopic (exact) mass is 298 g/mol. The summed E-state index contributed by atoms with van der Waals surface area (Å²) in [5.74, 6) is 3.19. The molecule has 2 aromatic rings. The zero-order chi connectivity index (χ0) is 13.8. The van der Waals surface area contributed by atoms with Crippen molar-refractivity contribution in [2.45, 2.75) is 25.8 Å². The number of alkyl halides is 1. The summed E-state index contributed by atoms with van der Waals surface area (Å²) in [6.45, 7) is 4.82. The highest BCUT2D eigenvalue weighted by molar-refractivity contribution is 7.98. The van der Waals surface area contributed by atoms with Crippen molar-refractivity contribution in [1.82, 2.24) is 9.55 Å². The average Bonchev–Trinajstić information content (AvgIpc) is 2.79. The van der Waals surface area contributed by atoms with Gasteiger partial charge in [-0.25, -0.2) is 4.98 Å². The SMILES string of the molecule is CCOc1cccc2c1nc(CCl)n2C(C)CSC. The Morgan fingerprint density at radius 1 is 1.47 bits per heavy atom. The van der Waals surface area contributed by atoms with Crippen molar-refractivity contribution in [2.24, 2.45) is 0 Å². The molecule has 0 saturated heterocycles. The maximum Gasteiger partial charge on any atom is 0.147 e. The van der Waals surface area contributed by atoms with Gasteiger partial charge in [-0.2, -0.15) is 11.8 Å². The molecule has 5 heteroatoms. The second-order valence-corrected chi connectivity index (χ2v) is 5.57. The molecule has 1 aromatic heterocycles. The van der Waals surface area contributed by atoms with Gasteiger partial charge < -0.3 is 9.30 Å². The summed E-state index contributed by atoms with van der Waals surface area (Å²) in [5.41, 5.74) is 2.01. The van der Waals surface area contributed by atoms with E-state index in [9.17, 15) is 0 Å². The number of thioether (sulfide) groups is 1. The number of hydrogen-bond acceptors (Lipinski definition) is 3. The molecule has 104 valence electrons. The van der Waals surface area contributed by atoms with Crippen LogP contribution in [-0.4, -0.2) is 28.2 Å². The highest BCUT2D eigenvalue weighted by atomic mass is 35.5. The summed E-state index contributed by atoms with van der Waals surface area (Å²) >= 11 is 7.87. The Kier molecular flexibility index (Phi) is 4.99. The van der Waals surface area contributed by atoms with Crippen LogP contribution >= 0.6 is 23.4 Å². The Bertz CT molecular complexity index is 556. The molecule has 0 aliphatic rings. The largest absolute Gasteiger partial charge is 0.492 e. The molecule has 1 atom stereocenters. The maximum absolute atomic E-state index is 6.05. The molecule has 0 N–H and O–H groups in total. The van der Waals surface area contributed by atoms with Crippen molar-refractivity contribution in [3.8, 4) is 5.75 Å². The summed E-state index contributed by atoms with van der Waals surface area (Å²) in [6.07, 6.45) is 2.11. The first kappa shape index (κ1) is 14.5. The lowest BCUT2D eigenvalue weighted by Crippen LogP contribution is -2.10. The molecule has 0 radical (unpaired) electrons. The highest BCUT2D eigenvalue weighted by Gasteiger charge is 2.17. The summed E-state index contributed by atoms with van der Waals surface area (Å²) < 4.78 is 7.87. The van der Waals surface area contributed by atoms with Gasteiger partial charge in [0.2, 0.25) is 0 Å². The first-order chi connectivity index (χ1) is 9.22. The average molecular weight is 299 g/mol. The molecule has 2 rings (SSSR count). The second-order valence-electron chi connectivity index (χ2n) is 4.39. The molecular weight excluding hydrogens is 280 g/mol. The minimum atomic E-state index is 0.366. The number of rotatable bonds is 6. The van der Waals surface area contributed by atoms with E-state index in [4.69, 9.17) is 16.3 Å². The number of imidazole rings is 1. The van der Waals surface area contributed by atoms with Gasteiger partial charge in [0, 0.05) is 11.8 Å². The van der Waals surface area contributed by atoms with E-state index < -0.39 is 0 Å². The predicted octanol–water partition coefficient (Wildman–Crippen LogP) is 4.10. The molecule has 0 aliphatic heterocycles. The van der Waals surface area contributed by atoms with Gasteiger partial charge in [-0.3, -0.25) is 0 Å². The van der Waals surface area contributed by atoms with Crippen LogP contribution in [0.15, 0.2) is 18.2 Å². The Labute approximate surface area is 123 Å². The van der Waals surface area contributed by atoms with Crippen LogP contribution in [0, 0.1) is 0 Å². The fraction of sp³-hybridized carbons (Fsp3) is 0.500. The van der Waals surface area contributed by atoms with E-state index in [1.165, 1.54) is 0 Å². The van der Waals surface area contributed by atoms with Gasteiger partial charge in [-0.15, -0.1) is 11.6 Å². The van der Waals surface area contributed by atoms with Crippen LogP contribution in [0.3, 0.4) is 0 Å². The van der Waals surface area contributed by atoms with E-state index >= 15 is 0 Å².